The van der Waals surface area contributed by atoms with Crippen LogP contribution in [0, 0.1) is 0 Å². The first-order valence-corrected chi connectivity index (χ1v) is 5.33. The van der Waals surface area contributed by atoms with E-state index in [0.29, 0.717) is 11.8 Å². The predicted molar refractivity (Wildman–Crippen MR) is 58.7 cm³/mol. The Kier molecular flexibility index (Phi) is 3.06. The molecule has 2 rings (SSSR count). The summed E-state index contributed by atoms with van der Waals surface area (Å²) in [5.41, 5.74) is 5.74. The fraction of sp³-hybridized carbons (Fsp3) is 0.545. The van der Waals surface area contributed by atoms with Gasteiger partial charge in [-0.05, 0) is 19.3 Å². The highest BCUT2D eigenvalue weighted by Crippen LogP contribution is 2.15. The van der Waals surface area contributed by atoms with Crippen LogP contribution >= 0.6 is 0 Å². The highest BCUT2D eigenvalue weighted by Gasteiger charge is 2.14. The third kappa shape index (κ3) is 2.59. The third-order valence-corrected chi connectivity index (χ3v) is 2.74. The number of hydrogen-bond acceptors (Lipinski definition) is 3. The number of rotatable bonds is 3. The molecule has 2 heterocycles. The standard InChI is InChI=1S/C11H16N2O2/c12-10-8-13(6-4-11(10)14)5-3-9-2-1-7-15-9/h4,6,8-9H,1-3,5,7,12H2. The minimum Gasteiger partial charge on any atom is -0.394 e. The first kappa shape index (κ1) is 10.2. The molecule has 4 heteroatoms. The van der Waals surface area contributed by atoms with Crippen LogP contribution in [0.4, 0.5) is 5.69 Å². The Hall–Kier alpha value is -1.29. The molecular weight excluding hydrogens is 192 g/mol. The summed E-state index contributed by atoms with van der Waals surface area (Å²) in [6, 6.07) is 1.50. The normalized spacial score (nSPS) is 20.7. The van der Waals surface area contributed by atoms with Gasteiger partial charge in [0.25, 0.3) is 0 Å². The lowest BCUT2D eigenvalue weighted by molar-refractivity contribution is 0.100. The fourth-order valence-electron chi connectivity index (χ4n) is 1.85. The van der Waals surface area contributed by atoms with Crippen LogP contribution in [0.2, 0.25) is 0 Å². The van der Waals surface area contributed by atoms with E-state index in [2.05, 4.69) is 0 Å². The quantitative estimate of drug-likeness (QED) is 0.806. The molecule has 1 atom stereocenters. The van der Waals surface area contributed by atoms with Gasteiger partial charge >= 0.3 is 0 Å². The molecule has 1 unspecified atom stereocenters. The van der Waals surface area contributed by atoms with Gasteiger partial charge in [0.05, 0.1) is 11.8 Å². The van der Waals surface area contributed by atoms with Gasteiger partial charge in [-0.3, -0.25) is 4.79 Å². The first-order chi connectivity index (χ1) is 7.25. The van der Waals surface area contributed by atoms with Crippen molar-refractivity contribution in [2.75, 3.05) is 12.3 Å². The summed E-state index contributed by atoms with van der Waals surface area (Å²) in [5, 5.41) is 0. The lowest BCUT2D eigenvalue weighted by atomic mass is 10.2. The summed E-state index contributed by atoms with van der Waals surface area (Å²) in [6.45, 7) is 1.74. The van der Waals surface area contributed by atoms with Crippen LogP contribution in [0.3, 0.4) is 0 Å². The molecule has 0 aromatic carbocycles. The van der Waals surface area contributed by atoms with Gasteiger partial charge in [-0.25, -0.2) is 0 Å². The maximum Gasteiger partial charge on any atom is 0.204 e. The maximum atomic E-state index is 11.1. The van der Waals surface area contributed by atoms with Crippen LogP contribution in [0.25, 0.3) is 0 Å². The van der Waals surface area contributed by atoms with Gasteiger partial charge in [0.2, 0.25) is 5.43 Å². The summed E-state index contributed by atoms with van der Waals surface area (Å²) in [7, 11) is 0. The lowest BCUT2D eigenvalue weighted by Crippen LogP contribution is -2.14. The first-order valence-electron chi connectivity index (χ1n) is 5.33. The molecule has 2 N–H and O–H groups in total. The summed E-state index contributed by atoms with van der Waals surface area (Å²) in [4.78, 5) is 11.1. The Labute approximate surface area is 88.7 Å². The molecule has 1 aliphatic rings. The number of nitrogens with zero attached hydrogens (tertiary/aromatic N) is 1. The van der Waals surface area contributed by atoms with E-state index in [-0.39, 0.29) is 5.43 Å². The Morgan fingerprint density at radius 2 is 2.47 bits per heavy atom. The molecule has 0 aliphatic carbocycles. The van der Waals surface area contributed by atoms with Gasteiger partial charge in [-0.1, -0.05) is 0 Å². The Morgan fingerprint density at radius 3 is 3.13 bits per heavy atom. The Bertz CT molecular complexity index is 380. The van der Waals surface area contributed by atoms with Crippen molar-refractivity contribution >= 4 is 5.69 Å². The van der Waals surface area contributed by atoms with E-state index >= 15 is 0 Å². The molecule has 4 nitrogen and oxygen atoms in total. The van der Waals surface area contributed by atoms with Crippen molar-refractivity contribution in [2.24, 2.45) is 0 Å². The van der Waals surface area contributed by atoms with Gasteiger partial charge < -0.3 is 15.0 Å². The molecule has 1 aromatic rings. The molecule has 1 fully saturated rings. The molecule has 1 saturated heterocycles. The molecule has 1 aromatic heterocycles. The molecule has 82 valence electrons. The fourth-order valence-corrected chi connectivity index (χ4v) is 1.85. The van der Waals surface area contributed by atoms with Crippen LogP contribution in [-0.4, -0.2) is 17.3 Å². The summed E-state index contributed by atoms with van der Waals surface area (Å²) >= 11 is 0. The lowest BCUT2D eigenvalue weighted by Gasteiger charge is -2.11. The van der Waals surface area contributed by atoms with E-state index in [1.165, 1.54) is 6.07 Å². The van der Waals surface area contributed by atoms with Gasteiger partial charge in [-0.2, -0.15) is 0 Å². The Balaban J connectivity index is 1.92. The van der Waals surface area contributed by atoms with Crippen molar-refractivity contribution in [2.45, 2.75) is 31.9 Å². The molecular formula is C11H16N2O2. The predicted octanol–water partition coefficient (Wildman–Crippen LogP) is 1.000. The highest BCUT2D eigenvalue weighted by atomic mass is 16.5. The van der Waals surface area contributed by atoms with E-state index in [0.717, 1.165) is 32.4 Å². The van der Waals surface area contributed by atoms with Crippen molar-refractivity contribution in [3.05, 3.63) is 28.7 Å². The number of anilines is 1. The second-order valence-electron chi connectivity index (χ2n) is 3.93. The number of aryl methyl sites for hydroxylation is 1. The number of aromatic nitrogens is 1. The minimum absolute atomic E-state index is 0.108. The van der Waals surface area contributed by atoms with Crippen molar-refractivity contribution in [1.29, 1.82) is 0 Å². The summed E-state index contributed by atoms with van der Waals surface area (Å²) in [5.74, 6) is 0. The molecule has 0 amide bonds. The average Bonchev–Trinajstić information content (AvgIpc) is 2.73. The zero-order chi connectivity index (χ0) is 10.7. The number of nitrogens with two attached hydrogens (primary N) is 1. The number of ether oxygens (including phenoxy) is 1. The van der Waals surface area contributed by atoms with Gasteiger partial charge in [-0.15, -0.1) is 0 Å². The van der Waals surface area contributed by atoms with Crippen LogP contribution < -0.4 is 11.2 Å². The van der Waals surface area contributed by atoms with Crippen LogP contribution in [0.1, 0.15) is 19.3 Å². The van der Waals surface area contributed by atoms with Crippen molar-refractivity contribution in [3.8, 4) is 0 Å². The highest BCUT2D eigenvalue weighted by molar-refractivity contribution is 5.33. The van der Waals surface area contributed by atoms with Crippen molar-refractivity contribution in [3.63, 3.8) is 0 Å². The van der Waals surface area contributed by atoms with Crippen LogP contribution in [0.5, 0.6) is 0 Å². The summed E-state index contributed by atoms with van der Waals surface area (Å²) in [6.07, 6.45) is 7.14. The number of nitrogen functional groups attached to an aromatic ring is 1. The molecule has 1 aliphatic heterocycles. The van der Waals surface area contributed by atoms with Crippen LogP contribution in [-0.2, 0) is 11.3 Å². The zero-order valence-corrected chi connectivity index (χ0v) is 8.69. The van der Waals surface area contributed by atoms with E-state index in [9.17, 15) is 4.79 Å². The molecule has 0 saturated carbocycles. The smallest absolute Gasteiger partial charge is 0.204 e. The van der Waals surface area contributed by atoms with Crippen molar-refractivity contribution < 1.29 is 4.74 Å². The molecule has 0 radical (unpaired) electrons. The van der Waals surface area contributed by atoms with E-state index in [1.807, 2.05) is 4.57 Å². The largest absolute Gasteiger partial charge is 0.394 e. The topological polar surface area (TPSA) is 57.2 Å². The minimum atomic E-state index is -0.108. The van der Waals surface area contributed by atoms with E-state index < -0.39 is 0 Å². The van der Waals surface area contributed by atoms with E-state index in [4.69, 9.17) is 10.5 Å². The summed E-state index contributed by atoms with van der Waals surface area (Å²) < 4.78 is 7.47. The second kappa shape index (κ2) is 4.49. The van der Waals surface area contributed by atoms with E-state index in [1.54, 1.807) is 12.4 Å². The average molecular weight is 208 g/mol. The zero-order valence-electron chi connectivity index (χ0n) is 8.69. The van der Waals surface area contributed by atoms with Gasteiger partial charge in [0.1, 0.15) is 0 Å². The maximum absolute atomic E-state index is 11.1. The SMILES string of the molecule is Nc1cn(CCC2CCCO2)ccc1=O. The third-order valence-electron chi connectivity index (χ3n) is 2.74. The number of pyridine rings is 1. The molecule has 15 heavy (non-hydrogen) atoms. The van der Waals surface area contributed by atoms with Gasteiger partial charge in [0.15, 0.2) is 0 Å². The molecule has 0 spiro atoms. The number of hydrogen-bond donors (Lipinski definition) is 1. The second-order valence-corrected chi connectivity index (χ2v) is 3.93. The Morgan fingerprint density at radius 1 is 1.60 bits per heavy atom. The van der Waals surface area contributed by atoms with Gasteiger partial charge in [0, 0.05) is 31.6 Å². The monoisotopic (exact) mass is 208 g/mol. The van der Waals surface area contributed by atoms with Crippen LogP contribution in [0.15, 0.2) is 23.3 Å². The molecule has 0 bridgehead atoms. The van der Waals surface area contributed by atoms with Crippen molar-refractivity contribution in [1.82, 2.24) is 4.57 Å².